The van der Waals surface area contributed by atoms with Crippen molar-refractivity contribution in [2.24, 2.45) is 11.1 Å². The van der Waals surface area contributed by atoms with Gasteiger partial charge in [0.05, 0.1) is 6.10 Å². The first-order valence-corrected chi connectivity index (χ1v) is 8.18. The third-order valence-electron chi connectivity index (χ3n) is 3.77. The second-order valence-corrected chi connectivity index (χ2v) is 6.04. The molecule has 0 radical (unpaired) electrons. The summed E-state index contributed by atoms with van der Waals surface area (Å²) >= 11 is 0. The SMILES string of the molecule is C/C=C(C#CC(C)(CCC)CCC)\C=C(/C)[C@H](O)CCN. The van der Waals surface area contributed by atoms with Crippen LogP contribution in [-0.2, 0) is 0 Å². The Labute approximate surface area is 131 Å². The molecule has 0 aliphatic carbocycles. The molecule has 0 saturated carbocycles. The van der Waals surface area contributed by atoms with Gasteiger partial charge in [-0.1, -0.05) is 44.6 Å². The minimum atomic E-state index is -0.468. The zero-order valence-electron chi connectivity index (χ0n) is 14.5. The summed E-state index contributed by atoms with van der Waals surface area (Å²) in [5, 5.41) is 9.93. The number of aliphatic hydroxyl groups excluding tert-OH is 1. The normalized spacial score (nSPS) is 14.6. The van der Waals surface area contributed by atoms with Crippen LogP contribution in [0, 0.1) is 17.3 Å². The van der Waals surface area contributed by atoms with Crippen molar-refractivity contribution in [3.63, 3.8) is 0 Å². The molecule has 21 heavy (non-hydrogen) atoms. The molecular formula is C19H33NO. The maximum absolute atomic E-state index is 9.93. The number of hydrogen-bond donors (Lipinski definition) is 2. The lowest BCUT2D eigenvalue weighted by molar-refractivity contribution is 0.203. The molecule has 0 saturated heterocycles. The zero-order valence-corrected chi connectivity index (χ0v) is 14.5. The second-order valence-electron chi connectivity index (χ2n) is 6.04. The molecular weight excluding hydrogens is 258 g/mol. The summed E-state index contributed by atoms with van der Waals surface area (Å²) in [5.41, 5.74) is 7.48. The van der Waals surface area contributed by atoms with Crippen molar-refractivity contribution in [2.45, 2.75) is 72.8 Å². The lowest BCUT2D eigenvalue weighted by atomic mass is 9.82. The summed E-state index contributed by atoms with van der Waals surface area (Å²) in [6.07, 6.45) is 8.67. The first-order chi connectivity index (χ1) is 9.92. The van der Waals surface area contributed by atoms with Gasteiger partial charge in [-0.15, -0.1) is 0 Å². The van der Waals surface area contributed by atoms with E-state index >= 15 is 0 Å². The van der Waals surface area contributed by atoms with Crippen molar-refractivity contribution in [1.82, 2.24) is 0 Å². The van der Waals surface area contributed by atoms with E-state index in [0.29, 0.717) is 13.0 Å². The molecule has 0 amide bonds. The fourth-order valence-corrected chi connectivity index (χ4v) is 2.50. The third-order valence-corrected chi connectivity index (χ3v) is 3.77. The number of aliphatic hydroxyl groups is 1. The van der Waals surface area contributed by atoms with Crippen molar-refractivity contribution in [1.29, 1.82) is 0 Å². The Morgan fingerprint density at radius 2 is 1.86 bits per heavy atom. The number of nitrogens with two attached hydrogens (primary N) is 1. The quantitative estimate of drug-likeness (QED) is 0.520. The molecule has 0 aromatic carbocycles. The second kappa shape index (κ2) is 10.7. The maximum atomic E-state index is 9.93. The van der Waals surface area contributed by atoms with Crippen molar-refractivity contribution < 1.29 is 5.11 Å². The van der Waals surface area contributed by atoms with Crippen molar-refractivity contribution in [3.05, 3.63) is 23.3 Å². The van der Waals surface area contributed by atoms with Gasteiger partial charge in [0.25, 0.3) is 0 Å². The molecule has 0 fully saturated rings. The molecule has 3 N–H and O–H groups in total. The van der Waals surface area contributed by atoms with E-state index in [9.17, 15) is 5.11 Å². The van der Waals surface area contributed by atoms with Gasteiger partial charge >= 0.3 is 0 Å². The number of hydrogen-bond acceptors (Lipinski definition) is 2. The Balaban J connectivity index is 5.09. The molecule has 0 unspecified atom stereocenters. The number of rotatable bonds is 8. The van der Waals surface area contributed by atoms with Crippen LogP contribution in [0.3, 0.4) is 0 Å². The van der Waals surface area contributed by atoms with Gasteiger partial charge in [-0.05, 0) is 58.2 Å². The highest BCUT2D eigenvalue weighted by atomic mass is 16.3. The van der Waals surface area contributed by atoms with Crippen LogP contribution in [0.4, 0.5) is 0 Å². The van der Waals surface area contributed by atoms with Gasteiger partial charge in [0.2, 0.25) is 0 Å². The Morgan fingerprint density at radius 3 is 2.29 bits per heavy atom. The minimum Gasteiger partial charge on any atom is -0.389 e. The Morgan fingerprint density at radius 1 is 1.29 bits per heavy atom. The summed E-state index contributed by atoms with van der Waals surface area (Å²) in [5.74, 6) is 6.76. The van der Waals surface area contributed by atoms with E-state index in [-0.39, 0.29) is 5.41 Å². The molecule has 2 nitrogen and oxygen atoms in total. The molecule has 0 heterocycles. The van der Waals surface area contributed by atoms with Crippen LogP contribution in [0.1, 0.15) is 66.7 Å². The molecule has 0 aliphatic heterocycles. The number of allylic oxidation sites excluding steroid dienone is 3. The van der Waals surface area contributed by atoms with E-state index in [1.807, 2.05) is 26.0 Å². The summed E-state index contributed by atoms with van der Waals surface area (Å²) in [4.78, 5) is 0. The highest BCUT2D eigenvalue weighted by Crippen LogP contribution is 2.28. The average Bonchev–Trinajstić information content (AvgIpc) is 2.44. The lowest BCUT2D eigenvalue weighted by Gasteiger charge is -2.22. The van der Waals surface area contributed by atoms with Crippen LogP contribution in [0.15, 0.2) is 23.3 Å². The van der Waals surface area contributed by atoms with Crippen molar-refractivity contribution in [3.8, 4) is 11.8 Å². The Hall–Kier alpha value is -1.04. The van der Waals surface area contributed by atoms with Gasteiger partial charge in [0.1, 0.15) is 0 Å². The molecule has 0 aromatic rings. The van der Waals surface area contributed by atoms with Crippen LogP contribution in [0.2, 0.25) is 0 Å². The van der Waals surface area contributed by atoms with Gasteiger partial charge < -0.3 is 10.8 Å². The molecule has 0 aromatic heterocycles. The van der Waals surface area contributed by atoms with Crippen LogP contribution in [0.25, 0.3) is 0 Å². The van der Waals surface area contributed by atoms with E-state index in [2.05, 4.69) is 32.6 Å². The predicted molar refractivity (Wildman–Crippen MR) is 92.9 cm³/mol. The summed E-state index contributed by atoms with van der Waals surface area (Å²) < 4.78 is 0. The van der Waals surface area contributed by atoms with E-state index < -0.39 is 6.10 Å². The first kappa shape index (κ1) is 20.0. The monoisotopic (exact) mass is 291 g/mol. The smallest absolute Gasteiger partial charge is 0.0762 e. The summed E-state index contributed by atoms with van der Waals surface area (Å²) in [6.45, 7) is 11.1. The van der Waals surface area contributed by atoms with E-state index in [1.165, 1.54) is 0 Å². The van der Waals surface area contributed by atoms with Crippen LogP contribution < -0.4 is 5.73 Å². The van der Waals surface area contributed by atoms with Crippen LogP contribution >= 0.6 is 0 Å². The zero-order chi connectivity index (χ0) is 16.3. The summed E-state index contributed by atoms with van der Waals surface area (Å²) in [7, 11) is 0. The highest BCUT2D eigenvalue weighted by molar-refractivity contribution is 5.41. The van der Waals surface area contributed by atoms with Gasteiger partial charge in [-0.25, -0.2) is 0 Å². The Kier molecular flexibility index (Phi) is 10.1. The lowest BCUT2D eigenvalue weighted by Crippen LogP contribution is -2.14. The van der Waals surface area contributed by atoms with Gasteiger partial charge in [0, 0.05) is 11.0 Å². The molecule has 2 heteroatoms. The van der Waals surface area contributed by atoms with E-state index in [1.54, 1.807) is 0 Å². The van der Waals surface area contributed by atoms with Gasteiger partial charge in [0.15, 0.2) is 0 Å². The van der Waals surface area contributed by atoms with Crippen LogP contribution in [0.5, 0.6) is 0 Å². The van der Waals surface area contributed by atoms with Crippen molar-refractivity contribution in [2.75, 3.05) is 6.54 Å². The summed E-state index contributed by atoms with van der Waals surface area (Å²) in [6, 6.07) is 0. The molecule has 1 atom stereocenters. The van der Waals surface area contributed by atoms with E-state index in [0.717, 1.165) is 36.8 Å². The molecule has 0 rings (SSSR count). The highest BCUT2D eigenvalue weighted by Gasteiger charge is 2.18. The third kappa shape index (κ3) is 8.09. The predicted octanol–water partition coefficient (Wildman–Crippen LogP) is 4.20. The first-order valence-electron chi connectivity index (χ1n) is 8.18. The fraction of sp³-hybridized carbons (Fsp3) is 0.684. The molecule has 0 bridgehead atoms. The van der Waals surface area contributed by atoms with Gasteiger partial charge in [-0.3, -0.25) is 0 Å². The topological polar surface area (TPSA) is 46.2 Å². The maximum Gasteiger partial charge on any atom is 0.0762 e. The molecule has 120 valence electrons. The minimum absolute atomic E-state index is 0.0926. The van der Waals surface area contributed by atoms with E-state index in [4.69, 9.17) is 5.73 Å². The van der Waals surface area contributed by atoms with Crippen molar-refractivity contribution >= 4 is 0 Å². The van der Waals surface area contributed by atoms with Crippen LogP contribution in [-0.4, -0.2) is 17.8 Å². The molecule has 0 spiro atoms. The van der Waals surface area contributed by atoms with Gasteiger partial charge in [-0.2, -0.15) is 0 Å². The largest absolute Gasteiger partial charge is 0.389 e. The standard InChI is InChI=1S/C19H33NO/c1-6-11-19(5,12-7-2)13-9-17(8-3)15-16(4)18(21)10-14-20/h8,15,18,21H,6-7,10-12,14,20H2,1-5H3/b16-15+,17-8-/t18-/m1/s1. The average molecular weight is 291 g/mol. The fourth-order valence-electron chi connectivity index (χ4n) is 2.50. The molecule has 0 aliphatic rings. The Bertz CT molecular complexity index is 403.